The van der Waals surface area contributed by atoms with Gasteiger partial charge in [0.25, 0.3) is 0 Å². The highest BCUT2D eigenvalue weighted by Crippen LogP contribution is 1.99. The van der Waals surface area contributed by atoms with Gasteiger partial charge in [0.05, 0.1) is 0 Å². The van der Waals surface area contributed by atoms with Gasteiger partial charge in [0, 0.05) is 0 Å². The molecule has 1 aromatic carbocycles. The van der Waals surface area contributed by atoms with Crippen molar-refractivity contribution in [2.75, 3.05) is 0 Å². The summed E-state index contributed by atoms with van der Waals surface area (Å²) in [5.41, 5.74) is 1.38. The summed E-state index contributed by atoms with van der Waals surface area (Å²) in [4.78, 5) is 0. The smallest absolute Gasteiger partial charge is 0.00976 e. The van der Waals surface area contributed by atoms with E-state index in [1.165, 1.54) is 18.4 Å². The van der Waals surface area contributed by atoms with E-state index < -0.39 is 0 Å². The van der Waals surface area contributed by atoms with Gasteiger partial charge in [-0.15, -0.1) is 0 Å². The second kappa shape index (κ2) is 10.0. The van der Waals surface area contributed by atoms with Gasteiger partial charge in [-0.2, -0.15) is 0 Å². The first kappa shape index (κ1) is 13.0. The molecule has 0 saturated carbocycles. The van der Waals surface area contributed by atoms with Crippen LogP contribution in [0.4, 0.5) is 0 Å². The topological polar surface area (TPSA) is 0 Å². The highest BCUT2D eigenvalue weighted by molar-refractivity contribution is 5.17. The highest BCUT2D eigenvalue weighted by atomic mass is 13.9. The molecule has 0 unspecified atom stereocenters. The van der Waals surface area contributed by atoms with Crippen molar-refractivity contribution in [2.45, 2.75) is 40.0 Å². The van der Waals surface area contributed by atoms with Gasteiger partial charge in [-0.05, 0) is 18.9 Å². The van der Waals surface area contributed by atoms with Gasteiger partial charge >= 0.3 is 0 Å². The predicted molar refractivity (Wildman–Crippen MR) is 65.5 cm³/mol. The maximum absolute atomic E-state index is 2.18. The average molecular weight is 190 g/mol. The van der Waals surface area contributed by atoms with Crippen LogP contribution in [0.1, 0.15) is 39.2 Å². The van der Waals surface area contributed by atoms with Crippen molar-refractivity contribution in [2.24, 2.45) is 0 Å². The molecule has 0 fully saturated rings. The van der Waals surface area contributed by atoms with Crippen LogP contribution in [0, 0.1) is 0 Å². The maximum atomic E-state index is 2.18. The van der Waals surface area contributed by atoms with E-state index in [4.69, 9.17) is 0 Å². The minimum absolute atomic E-state index is 1.05. The summed E-state index contributed by atoms with van der Waals surface area (Å²) in [7, 11) is 0. The molecule has 1 aromatic rings. The molecule has 0 heterocycles. The summed E-state index contributed by atoms with van der Waals surface area (Å²) in [6.45, 7) is 6.41. The Morgan fingerprint density at radius 1 is 1.00 bits per heavy atom. The van der Waals surface area contributed by atoms with E-state index in [2.05, 4.69) is 50.3 Å². The molecule has 0 aliphatic carbocycles. The second-order valence-electron chi connectivity index (χ2n) is 3.26. The Bertz CT molecular complexity index is 219. The Hall–Kier alpha value is -1.04. The lowest BCUT2D eigenvalue weighted by Crippen LogP contribution is -1.76. The molecule has 0 aliphatic rings. The lowest BCUT2D eigenvalue weighted by Gasteiger charge is -1.92. The first-order valence-corrected chi connectivity index (χ1v) is 5.50. The van der Waals surface area contributed by atoms with E-state index in [0.29, 0.717) is 0 Å². The standard InChI is InChI=1S/C10H12.C4H10/c1-2-3-7-10-8-5-4-6-9-10;1-3-4-2/h2-6,8-9H,7H2,1H3;3-4H2,1-2H3. The number of unbranched alkanes of at least 4 members (excludes halogenated alkanes) is 1. The SMILES string of the molecule is CC=CCc1ccccc1.CCCC. The molecule has 78 valence electrons. The van der Waals surface area contributed by atoms with Crippen molar-refractivity contribution in [1.29, 1.82) is 0 Å². The third-order valence-corrected chi connectivity index (χ3v) is 1.93. The van der Waals surface area contributed by atoms with E-state index in [1.54, 1.807) is 0 Å². The lowest BCUT2D eigenvalue weighted by molar-refractivity contribution is 0.886. The van der Waals surface area contributed by atoms with Gasteiger partial charge in [-0.25, -0.2) is 0 Å². The molecule has 0 nitrogen and oxygen atoms in total. The molecule has 0 spiro atoms. The largest absolute Gasteiger partial charge is 0.0913 e. The molecule has 0 heteroatoms. The Kier molecular flexibility index (Phi) is 9.30. The van der Waals surface area contributed by atoms with Crippen LogP contribution in [-0.4, -0.2) is 0 Å². The lowest BCUT2D eigenvalue weighted by atomic mass is 10.1. The summed E-state index contributed by atoms with van der Waals surface area (Å²) >= 11 is 0. The maximum Gasteiger partial charge on any atom is -0.00976 e. The molecule has 1 rings (SSSR count). The van der Waals surface area contributed by atoms with Gasteiger partial charge < -0.3 is 0 Å². The molecule has 0 N–H and O–H groups in total. The number of hydrogen-bond donors (Lipinski definition) is 0. The monoisotopic (exact) mass is 190 g/mol. The number of allylic oxidation sites excluding steroid dienone is 2. The minimum Gasteiger partial charge on any atom is -0.0913 e. The summed E-state index contributed by atoms with van der Waals surface area (Å²) in [6.07, 6.45) is 7.93. The highest BCUT2D eigenvalue weighted by Gasteiger charge is 1.83. The summed E-state index contributed by atoms with van der Waals surface area (Å²) in [5.74, 6) is 0. The van der Waals surface area contributed by atoms with Crippen molar-refractivity contribution in [1.82, 2.24) is 0 Å². The van der Waals surface area contributed by atoms with Gasteiger partial charge in [-0.3, -0.25) is 0 Å². The number of benzene rings is 1. The van der Waals surface area contributed by atoms with E-state index in [9.17, 15) is 0 Å². The third-order valence-electron chi connectivity index (χ3n) is 1.93. The van der Waals surface area contributed by atoms with E-state index in [0.717, 1.165) is 6.42 Å². The van der Waals surface area contributed by atoms with Crippen molar-refractivity contribution < 1.29 is 0 Å². The van der Waals surface area contributed by atoms with E-state index in [1.807, 2.05) is 13.0 Å². The second-order valence-corrected chi connectivity index (χ2v) is 3.26. The molecule has 0 amide bonds. The molecule has 0 saturated heterocycles. The van der Waals surface area contributed by atoms with Crippen LogP contribution in [0.5, 0.6) is 0 Å². The summed E-state index contributed by atoms with van der Waals surface area (Å²) in [6, 6.07) is 10.5. The molecule has 0 aromatic heterocycles. The Labute approximate surface area is 88.7 Å². The average Bonchev–Trinajstić information content (AvgIpc) is 2.28. The van der Waals surface area contributed by atoms with Crippen LogP contribution >= 0.6 is 0 Å². The van der Waals surface area contributed by atoms with E-state index in [-0.39, 0.29) is 0 Å². The van der Waals surface area contributed by atoms with Crippen LogP contribution in [0.15, 0.2) is 42.5 Å². The third kappa shape index (κ3) is 7.60. The van der Waals surface area contributed by atoms with Gasteiger partial charge in [0.1, 0.15) is 0 Å². The summed E-state index contributed by atoms with van der Waals surface area (Å²) < 4.78 is 0. The van der Waals surface area contributed by atoms with Crippen LogP contribution in [0.3, 0.4) is 0 Å². The van der Waals surface area contributed by atoms with Gasteiger partial charge in [0.15, 0.2) is 0 Å². The van der Waals surface area contributed by atoms with Crippen molar-refractivity contribution in [3.63, 3.8) is 0 Å². The quantitative estimate of drug-likeness (QED) is 0.610. The fourth-order valence-corrected chi connectivity index (χ4v) is 0.868. The van der Waals surface area contributed by atoms with Crippen molar-refractivity contribution >= 4 is 0 Å². The zero-order valence-corrected chi connectivity index (χ0v) is 9.66. The van der Waals surface area contributed by atoms with Gasteiger partial charge in [-0.1, -0.05) is 69.2 Å². The van der Waals surface area contributed by atoms with Crippen LogP contribution in [-0.2, 0) is 6.42 Å². The van der Waals surface area contributed by atoms with Crippen LogP contribution < -0.4 is 0 Å². The van der Waals surface area contributed by atoms with Gasteiger partial charge in [0.2, 0.25) is 0 Å². The van der Waals surface area contributed by atoms with Crippen molar-refractivity contribution in [3.8, 4) is 0 Å². The Morgan fingerprint density at radius 2 is 1.57 bits per heavy atom. The molecule has 0 radical (unpaired) electrons. The zero-order chi connectivity index (χ0) is 10.6. The molecule has 14 heavy (non-hydrogen) atoms. The fourth-order valence-electron chi connectivity index (χ4n) is 0.868. The molecular formula is C14H22. The first-order valence-electron chi connectivity index (χ1n) is 5.50. The van der Waals surface area contributed by atoms with Crippen molar-refractivity contribution in [3.05, 3.63) is 48.0 Å². The summed E-state index contributed by atoms with van der Waals surface area (Å²) in [5, 5.41) is 0. The Balaban J connectivity index is 0.000000364. The molecular weight excluding hydrogens is 168 g/mol. The fraction of sp³-hybridized carbons (Fsp3) is 0.429. The molecule has 0 bridgehead atoms. The minimum atomic E-state index is 1.05. The first-order chi connectivity index (χ1) is 6.85. The molecule has 0 aliphatic heterocycles. The van der Waals surface area contributed by atoms with E-state index >= 15 is 0 Å². The zero-order valence-electron chi connectivity index (χ0n) is 9.66. The predicted octanol–water partition coefficient (Wildman–Crippen LogP) is 4.61. The normalized spacial score (nSPS) is 9.64. The number of hydrogen-bond acceptors (Lipinski definition) is 0. The molecule has 0 atom stereocenters. The number of rotatable bonds is 3. The Morgan fingerprint density at radius 3 is 2.00 bits per heavy atom. The van der Waals surface area contributed by atoms with Crippen LogP contribution in [0.2, 0.25) is 0 Å². The van der Waals surface area contributed by atoms with Crippen LogP contribution in [0.25, 0.3) is 0 Å².